The van der Waals surface area contributed by atoms with Gasteiger partial charge in [0.1, 0.15) is 0 Å². The SMILES string of the molecule is Cl.Cl.O=C(CC1COCCN1)N1CCN(Cc2cscn2)CC1. The number of ether oxygens (including phenoxy) is 1. The summed E-state index contributed by atoms with van der Waals surface area (Å²) in [6.07, 6.45) is 0.548. The molecule has 6 nitrogen and oxygen atoms in total. The molecule has 0 saturated carbocycles. The van der Waals surface area contributed by atoms with Gasteiger partial charge < -0.3 is 15.0 Å². The molecule has 0 spiro atoms. The fraction of sp³-hybridized carbons (Fsp3) is 0.714. The van der Waals surface area contributed by atoms with E-state index >= 15 is 0 Å². The summed E-state index contributed by atoms with van der Waals surface area (Å²) in [6.45, 7) is 6.63. The molecule has 2 fully saturated rings. The Morgan fingerprint density at radius 1 is 1.35 bits per heavy atom. The minimum Gasteiger partial charge on any atom is -0.378 e. The van der Waals surface area contributed by atoms with E-state index in [1.807, 2.05) is 10.4 Å². The largest absolute Gasteiger partial charge is 0.378 e. The van der Waals surface area contributed by atoms with Crippen LogP contribution < -0.4 is 5.32 Å². The molecule has 9 heteroatoms. The van der Waals surface area contributed by atoms with Crippen molar-refractivity contribution in [2.75, 3.05) is 45.9 Å². The minimum absolute atomic E-state index is 0. The zero-order valence-electron chi connectivity index (χ0n) is 13.0. The van der Waals surface area contributed by atoms with E-state index in [0.717, 1.165) is 51.6 Å². The molecular formula is C14H24Cl2N4O2S. The molecule has 1 unspecified atom stereocenters. The van der Waals surface area contributed by atoms with Crippen LogP contribution in [0.4, 0.5) is 0 Å². The molecule has 0 aliphatic carbocycles. The molecule has 1 atom stereocenters. The molecule has 1 amide bonds. The van der Waals surface area contributed by atoms with Gasteiger partial charge in [-0.05, 0) is 0 Å². The second-order valence-corrected chi connectivity index (χ2v) is 6.29. The van der Waals surface area contributed by atoms with Gasteiger partial charge in [0.15, 0.2) is 0 Å². The number of amides is 1. The summed E-state index contributed by atoms with van der Waals surface area (Å²) in [7, 11) is 0. The number of aromatic nitrogens is 1. The van der Waals surface area contributed by atoms with Crippen LogP contribution in [0.25, 0.3) is 0 Å². The van der Waals surface area contributed by atoms with Crippen LogP contribution in [0, 0.1) is 0 Å². The maximum Gasteiger partial charge on any atom is 0.224 e. The number of hydrogen-bond acceptors (Lipinski definition) is 6. The predicted molar refractivity (Wildman–Crippen MR) is 95.7 cm³/mol. The quantitative estimate of drug-likeness (QED) is 0.841. The van der Waals surface area contributed by atoms with E-state index < -0.39 is 0 Å². The first-order valence-corrected chi connectivity index (χ1v) is 8.44. The highest BCUT2D eigenvalue weighted by atomic mass is 35.5. The summed E-state index contributed by atoms with van der Waals surface area (Å²) >= 11 is 1.63. The highest BCUT2D eigenvalue weighted by molar-refractivity contribution is 7.07. The van der Waals surface area contributed by atoms with E-state index in [0.29, 0.717) is 13.0 Å². The lowest BCUT2D eigenvalue weighted by Crippen LogP contribution is -2.51. The van der Waals surface area contributed by atoms with Crippen LogP contribution in [-0.2, 0) is 16.1 Å². The summed E-state index contributed by atoms with van der Waals surface area (Å²) in [5.41, 5.74) is 3.00. The Labute approximate surface area is 153 Å². The van der Waals surface area contributed by atoms with Crippen molar-refractivity contribution in [3.63, 3.8) is 0 Å². The Kier molecular flexibility index (Phi) is 9.34. The molecule has 23 heavy (non-hydrogen) atoms. The van der Waals surface area contributed by atoms with Crippen molar-refractivity contribution in [3.05, 3.63) is 16.6 Å². The number of hydrogen-bond donors (Lipinski definition) is 1. The highest BCUT2D eigenvalue weighted by Crippen LogP contribution is 2.10. The Morgan fingerprint density at radius 3 is 2.74 bits per heavy atom. The third-order valence-electron chi connectivity index (χ3n) is 4.01. The smallest absolute Gasteiger partial charge is 0.224 e. The molecule has 2 aliphatic heterocycles. The monoisotopic (exact) mass is 382 g/mol. The number of nitrogens with zero attached hydrogens (tertiary/aromatic N) is 3. The maximum absolute atomic E-state index is 12.3. The molecule has 1 N–H and O–H groups in total. The van der Waals surface area contributed by atoms with Gasteiger partial charge in [-0.2, -0.15) is 0 Å². The first-order valence-electron chi connectivity index (χ1n) is 7.49. The van der Waals surface area contributed by atoms with Crippen molar-refractivity contribution in [2.24, 2.45) is 0 Å². The van der Waals surface area contributed by atoms with Crippen LogP contribution in [0.5, 0.6) is 0 Å². The lowest BCUT2D eigenvalue weighted by Gasteiger charge is -2.35. The summed E-state index contributed by atoms with van der Waals surface area (Å²) in [5, 5.41) is 5.43. The number of morpholine rings is 1. The number of piperazine rings is 1. The van der Waals surface area contributed by atoms with Crippen LogP contribution in [0.3, 0.4) is 0 Å². The number of carbonyl (C=O) groups is 1. The molecule has 1 aromatic heterocycles. The zero-order chi connectivity index (χ0) is 14.5. The molecular weight excluding hydrogens is 359 g/mol. The first kappa shape index (κ1) is 20.6. The van der Waals surface area contributed by atoms with E-state index in [9.17, 15) is 4.79 Å². The number of rotatable bonds is 4. The van der Waals surface area contributed by atoms with E-state index in [1.54, 1.807) is 11.3 Å². The number of halogens is 2. The number of thiazole rings is 1. The van der Waals surface area contributed by atoms with Crippen molar-refractivity contribution in [1.82, 2.24) is 20.1 Å². The minimum atomic E-state index is 0. The Bertz CT molecular complexity index is 450. The average molecular weight is 383 g/mol. The summed E-state index contributed by atoms with van der Waals surface area (Å²) < 4.78 is 5.40. The molecule has 1 aromatic rings. The van der Waals surface area contributed by atoms with E-state index in [2.05, 4.69) is 20.6 Å². The fourth-order valence-electron chi connectivity index (χ4n) is 2.79. The second-order valence-electron chi connectivity index (χ2n) is 5.57. The third-order valence-corrected chi connectivity index (χ3v) is 4.65. The molecule has 0 bridgehead atoms. The third kappa shape index (κ3) is 6.17. The molecule has 3 heterocycles. The number of nitrogens with one attached hydrogen (secondary N) is 1. The Balaban J connectivity index is 0.00000132. The van der Waals surface area contributed by atoms with Gasteiger partial charge in [0, 0.05) is 57.1 Å². The maximum atomic E-state index is 12.3. The van der Waals surface area contributed by atoms with Crippen LogP contribution in [-0.4, -0.2) is 72.7 Å². The summed E-state index contributed by atoms with van der Waals surface area (Å²) in [6, 6.07) is 0.180. The molecule has 3 rings (SSSR count). The van der Waals surface area contributed by atoms with Crippen LogP contribution in [0.1, 0.15) is 12.1 Å². The predicted octanol–water partition coefficient (Wildman–Crippen LogP) is 1.01. The van der Waals surface area contributed by atoms with Crippen molar-refractivity contribution in [3.8, 4) is 0 Å². The standard InChI is InChI=1S/C14H22N4O2S.2ClH/c19-14(7-12-9-20-6-1-15-12)18-4-2-17(3-5-18)8-13-10-21-11-16-13;;/h10-12,15H,1-9H2;2*1H. The second kappa shape index (κ2) is 10.4. The van der Waals surface area contributed by atoms with Crippen LogP contribution in [0.2, 0.25) is 0 Å². The molecule has 0 aromatic carbocycles. The normalized spacial score (nSPS) is 22.1. The molecule has 2 aliphatic rings. The zero-order valence-corrected chi connectivity index (χ0v) is 15.4. The van der Waals surface area contributed by atoms with Crippen molar-refractivity contribution in [2.45, 2.75) is 19.0 Å². The van der Waals surface area contributed by atoms with E-state index in [-0.39, 0.29) is 36.8 Å². The van der Waals surface area contributed by atoms with Crippen molar-refractivity contribution < 1.29 is 9.53 Å². The van der Waals surface area contributed by atoms with Gasteiger partial charge in [0.05, 0.1) is 24.4 Å². The van der Waals surface area contributed by atoms with Crippen molar-refractivity contribution >= 4 is 42.1 Å². The first-order chi connectivity index (χ1) is 10.3. The Morgan fingerprint density at radius 2 is 2.13 bits per heavy atom. The fourth-order valence-corrected chi connectivity index (χ4v) is 3.34. The van der Waals surface area contributed by atoms with Gasteiger partial charge in [0.25, 0.3) is 0 Å². The highest BCUT2D eigenvalue weighted by Gasteiger charge is 2.24. The van der Waals surface area contributed by atoms with Gasteiger partial charge in [-0.25, -0.2) is 4.98 Å². The Hall–Kier alpha value is -0.440. The summed E-state index contributed by atoms with van der Waals surface area (Å²) in [4.78, 5) is 20.9. The summed E-state index contributed by atoms with van der Waals surface area (Å²) in [5.74, 6) is 0.242. The van der Waals surface area contributed by atoms with E-state index in [4.69, 9.17) is 4.74 Å². The van der Waals surface area contributed by atoms with Gasteiger partial charge in [0.2, 0.25) is 5.91 Å². The van der Waals surface area contributed by atoms with Gasteiger partial charge in [-0.15, -0.1) is 36.2 Å². The lowest BCUT2D eigenvalue weighted by molar-refractivity contribution is -0.134. The average Bonchev–Trinajstić information content (AvgIpc) is 3.02. The molecule has 132 valence electrons. The molecule has 0 radical (unpaired) electrons. The van der Waals surface area contributed by atoms with Crippen LogP contribution in [0.15, 0.2) is 10.9 Å². The number of carbonyl (C=O) groups excluding carboxylic acids is 1. The lowest BCUT2D eigenvalue weighted by atomic mass is 10.1. The van der Waals surface area contributed by atoms with Gasteiger partial charge in [-0.1, -0.05) is 0 Å². The topological polar surface area (TPSA) is 57.7 Å². The molecule has 2 saturated heterocycles. The van der Waals surface area contributed by atoms with Crippen molar-refractivity contribution in [1.29, 1.82) is 0 Å². The van der Waals surface area contributed by atoms with Gasteiger partial charge in [-0.3, -0.25) is 9.69 Å². The van der Waals surface area contributed by atoms with Crippen LogP contribution >= 0.6 is 36.2 Å². The van der Waals surface area contributed by atoms with Gasteiger partial charge >= 0.3 is 0 Å². The van der Waals surface area contributed by atoms with E-state index in [1.165, 1.54) is 0 Å².